The maximum Gasteiger partial charge on any atom is 0.247 e. The molecule has 1 aromatic carbocycles. The van der Waals surface area contributed by atoms with Crippen LogP contribution in [0.1, 0.15) is 19.8 Å². The van der Waals surface area contributed by atoms with Crippen LogP contribution in [0.2, 0.25) is 5.02 Å². The first kappa shape index (κ1) is 21.5. The standard InChI is InChI=1S/C15H23ClN2O4S.ClH/c1-11(10-21-2)22-14-6-5-12(16)8-15(14)23(19,20)18-7-3-4-13(18)9-17;/h5-6,8,11,13H,3-4,7,9-10,17H2,1-2H3;1H. The number of benzene rings is 1. The summed E-state index contributed by atoms with van der Waals surface area (Å²) in [5, 5.41) is 0.346. The highest BCUT2D eigenvalue weighted by Crippen LogP contribution is 2.33. The van der Waals surface area contributed by atoms with Gasteiger partial charge in [0.15, 0.2) is 0 Å². The third kappa shape index (κ3) is 4.74. The van der Waals surface area contributed by atoms with Crippen LogP contribution >= 0.6 is 24.0 Å². The van der Waals surface area contributed by atoms with E-state index in [0.29, 0.717) is 24.7 Å². The zero-order valence-electron chi connectivity index (χ0n) is 13.8. The van der Waals surface area contributed by atoms with Crippen molar-refractivity contribution in [3.8, 4) is 5.75 Å². The first-order chi connectivity index (χ1) is 10.9. The van der Waals surface area contributed by atoms with Gasteiger partial charge >= 0.3 is 0 Å². The number of hydrogen-bond donors (Lipinski definition) is 1. The van der Waals surface area contributed by atoms with Gasteiger partial charge in [0, 0.05) is 31.3 Å². The molecule has 2 atom stereocenters. The maximum absolute atomic E-state index is 13.0. The van der Waals surface area contributed by atoms with Crippen molar-refractivity contribution >= 4 is 34.0 Å². The van der Waals surface area contributed by atoms with Crippen molar-refractivity contribution in [3.05, 3.63) is 23.2 Å². The zero-order chi connectivity index (χ0) is 17.0. The summed E-state index contributed by atoms with van der Waals surface area (Å²) in [5.74, 6) is 0.279. The predicted molar refractivity (Wildman–Crippen MR) is 96.6 cm³/mol. The van der Waals surface area contributed by atoms with Gasteiger partial charge in [-0.1, -0.05) is 11.6 Å². The molecule has 0 aliphatic carbocycles. The summed E-state index contributed by atoms with van der Waals surface area (Å²) < 4.78 is 38.3. The van der Waals surface area contributed by atoms with Crippen LogP contribution in [-0.2, 0) is 14.8 Å². The molecule has 138 valence electrons. The highest BCUT2D eigenvalue weighted by Gasteiger charge is 2.36. The number of nitrogens with zero attached hydrogens (tertiary/aromatic N) is 1. The van der Waals surface area contributed by atoms with Gasteiger partial charge in [-0.2, -0.15) is 4.31 Å². The van der Waals surface area contributed by atoms with Crippen molar-refractivity contribution in [2.75, 3.05) is 26.8 Å². The fourth-order valence-corrected chi connectivity index (χ4v) is 4.84. The normalized spacial score (nSPS) is 19.8. The summed E-state index contributed by atoms with van der Waals surface area (Å²) in [5.41, 5.74) is 5.71. The molecular weight excluding hydrogens is 375 g/mol. The SMILES string of the molecule is COCC(C)Oc1ccc(Cl)cc1S(=O)(=O)N1CCCC1CN.Cl. The Morgan fingerprint density at radius 1 is 1.46 bits per heavy atom. The molecule has 0 bridgehead atoms. The number of ether oxygens (including phenoxy) is 2. The van der Waals surface area contributed by atoms with Gasteiger partial charge in [-0.3, -0.25) is 0 Å². The maximum atomic E-state index is 13.0. The van der Waals surface area contributed by atoms with E-state index in [4.69, 9.17) is 26.8 Å². The summed E-state index contributed by atoms with van der Waals surface area (Å²) in [6, 6.07) is 4.44. The Morgan fingerprint density at radius 3 is 2.79 bits per heavy atom. The average Bonchev–Trinajstić information content (AvgIpc) is 2.98. The van der Waals surface area contributed by atoms with Crippen LogP contribution in [-0.4, -0.2) is 51.7 Å². The van der Waals surface area contributed by atoms with Crippen molar-refractivity contribution < 1.29 is 17.9 Å². The molecule has 0 amide bonds. The molecule has 1 saturated heterocycles. The van der Waals surface area contributed by atoms with Crippen LogP contribution in [0.3, 0.4) is 0 Å². The number of methoxy groups -OCH3 is 1. The van der Waals surface area contributed by atoms with Crippen molar-refractivity contribution in [1.29, 1.82) is 0 Å². The molecule has 0 aromatic heterocycles. The van der Waals surface area contributed by atoms with Crippen LogP contribution in [0, 0.1) is 0 Å². The number of rotatable bonds is 7. The Labute approximate surface area is 154 Å². The molecule has 2 rings (SSSR count). The minimum absolute atomic E-state index is 0. The van der Waals surface area contributed by atoms with E-state index in [9.17, 15) is 8.42 Å². The molecule has 1 heterocycles. The lowest BCUT2D eigenvalue weighted by atomic mass is 10.2. The Kier molecular flexibility index (Phi) is 8.25. The van der Waals surface area contributed by atoms with Gasteiger partial charge in [0.2, 0.25) is 10.0 Å². The lowest BCUT2D eigenvalue weighted by Crippen LogP contribution is -2.40. The number of hydrogen-bond acceptors (Lipinski definition) is 5. The van der Waals surface area contributed by atoms with E-state index >= 15 is 0 Å². The van der Waals surface area contributed by atoms with Gasteiger partial charge in [-0.15, -0.1) is 12.4 Å². The number of sulfonamides is 1. The van der Waals surface area contributed by atoms with Crippen LogP contribution < -0.4 is 10.5 Å². The molecule has 2 unspecified atom stereocenters. The summed E-state index contributed by atoms with van der Waals surface area (Å²) in [6.45, 7) is 2.93. The Bertz CT molecular complexity index is 642. The Morgan fingerprint density at radius 2 is 2.17 bits per heavy atom. The summed E-state index contributed by atoms with van der Waals surface area (Å²) in [7, 11) is -2.15. The van der Waals surface area contributed by atoms with E-state index in [0.717, 1.165) is 12.8 Å². The molecule has 0 saturated carbocycles. The molecule has 1 fully saturated rings. The second-order valence-electron chi connectivity index (χ2n) is 5.62. The minimum atomic E-state index is -3.71. The first-order valence-corrected chi connectivity index (χ1v) is 9.39. The lowest BCUT2D eigenvalue weighted by Gasteiger charge is -2.25. The van der Waals surface area contributed by atoms with Crippen molar-refractivity contribution in [3.63, 3.8) is 0 Å². The van der Waals surface area contributed by atoms with E-state index < -0.39 is 10.0 Å². The van der Waals surface area contributed by atoms with Crippen LogP contribution in [0.5, 0.6) is 5.75 Å². The highest BCUT2D eigenvalue weighted by molar-refractivity contribution is 7.89. The van der Waals surface area contributed by atoms with Crippen LogP contribution in [0.15, 0.2) is 23.1 Å². The summed E-state index contributed by atoms with van der Waals surface area (Å²) in [4.78, 5) is 0.0771. The molecule has 1 aliphatic rings. The van der Waals surface area contributed by atoms with E-state index in [1.54, 1.807) is 19.2 Å². The van der Waals surface area contributed by atoms with Gasteiger partial charge in [0.1, 0.15) is 16.7 Å². The van der Waals surface area contributed by atoms with E-state index in [2.05, 4.69) is 0 Å². The van der Waals surface area contributed by atoms with Crippen molar-refractivity contribution in [2.24, 2.45) is 5.73 Å². The fraction of sp³-hybridized carbons (Fsp3) is 0.600. The largest absolute Gasteiger partial charge is 0.487 e. The topological polar surface area (TPSA) is 81.9 Å². The highest BCUT2D eigenvalue weighted by atomic mass is 35.5. The summed E-state index contributed by atoms with van der Waals surface area (Å²) in [6.07, 6.45) is 1.30. The molecule has 24 heavy (non-hydrogen) atoms. The number of nitrogens with two attached hydrogens (primary N) is 1. The lowest BCUT2D eigenvalue weighted by molar-refractivity contribution is 0.0900. The Balaban J connectivity index is 0.00000288. The molecule has 0 spiro atoms. The second-order valence-corrected chi connectivity index (χ2v) is 7.92. The smallest absolute Gasteiger partial charge is 0.247 e. The van der Waals surface area contributed by atoms with Crippen LogP contribution in [0.25, 0.3) is 0 Å². The van der Waals surface area contributed by atoms with Crippen molar-refractivity contribution in [1.82, 2.24) is 4.31 Å². The monoisotopic (exact) mass is 398 g/mol. The minimum Gasteiger partial charge on any atom is -0.487 e. The average molecular weight is 399 g/mol. The van der Waals surface area contributed by atoms with E-state index in [1.165, 1.54) is 10.4 Å². The molecular formula is C15H24Cl2N2O4S. The first-order valence-electron chi connectivity index (χ1n) is 7.57. The van der Waals surface area contributed by atoms with Crippen molar-refractivity contribution in [2.45, 2.75) is 36.8 Å². The Hall–Kier alpha value is -0.570. The quantitative estimate of drug-likeness (QED) is 0.761. The molecule has 0 radical (unpaired) electrons. The fourth-order valence-electron chi connectivity index (χ4n) is 2.75. The predicted octanol–water partition coefficient (Wildman–Crippen LogP) is 2.29. The van der Waals surface area contributed by atoms with Gasteiger partial charge < -0.3 is 15.2 Å². The molecule has 9 heteroatoms. The van der Waals surface area contributed by atoms with E-state index in [1.807, 2.05) is 6.92 Å². The third-order valence-corrected chi connectivity index (χ3v) is 6.03. The van der Waals surface area contributed by atoms with Gasteiger partial charge in [-0.05, 0) is 38.0 Å². The zero-order valence-corrected chi connectivity index (χ0v) is 16.2. The second kappa shape index (κ2) is 9.22. The number of halogens is 2. The molecule has 1 aliphatic heterocycles. The molecule has 2 N–H and O–H groups in total. The summed E-state index contributed by atoms with van der Waals surface area (Å²) >= 11 is 6.01. The van der Waals surface area contributed by atoms with Crippen LogP contribution in [0.4, 0.5) is 0 Å². The molecule has 6 nitrogen and oxygen atoms in total. The van der Waals surface area contributed by atoms with Gasteiger partial charge in [0.25, 0.3) is 0 Å². The van der Waals surface area contributed by atoms with Gasteiger partial charge in [0.05, 0.1) is 6.61 Å². The van der Waals surface area contributed by atoms with Gasteiger partial charge in [-0.25, -0.2) is 8.42 Å². The third-order valence-electron chi connectivity index (χ3n) is 3.82. The van der Waals surface area contributed by atoms with E-state index in [-0.39, 0.29) is 35.2 Å². The molecule has 1 aromatic rings.